The van der Waals surface area contributed by atoms with E-state index in [-0.39, 0.29) is 46.3 Å². The van der Waals surface area contributed by atoms with Crippen molar-refractivity contribution in [3.8, 4) is 11.1 Å². The molecule has 0 atom stereocenters. The van der Waals surface area contributed by atoms with Gasteiger partial charge in [0.05, 0.1) is 5.56 Å². The molecule has 2 aromatic carbocycles. The lowest BCUT2D eigenvalue weighted by atomic mass is 9.81. The van der Waals surface area contributed by atoms with E-state index in [9.17, 15) is 9.59 Å². The third kappa shape index (κ3) is 9.40. The van der Waals surface area contributed by atoms with Gasteiger partial charge in [-0.2, -0.15) is 0 Å². The molecule has 0 aromatic heterocycles. The van der Waals surface area contributed by atoms with E-state index in [2.05, 4.69) is 90.3 Å². The van der Waals surface area contributed by atoms with Gasteiger partial charge >= 0.3 is 11.9 Å². The van der Waals surface area contributed by atoms with Crippen LogP contribution in [0.5, 0.6) is 0 Å². The number of carbonyl (C=O) groups excluding carboxylic acids is 2. The Hall–Kier alpha value is -2.70. The molecule has 6 heteroatoms. The normalized spacial score (nSPS) is 21.4. The molecule has 0 radical (unpaired) electrons. The predicted octanol–water partition coefficient (Wildman–Crippen LogP) is 7.38. The van der Waals surface area contributed by atoms with Crippen molar-refractivity contribution in [3.05, 3.63) is 59.7 Å². The van der Waals surface area contributed by atoms with Gasteiger partial charge in [-0.05, 0) is 103 Å². The Morgan fingerprint density at radius 2 is 1.07 bits per heavy atom. The van der Waals surface area contributed by atoms with Crippen LogP contribution in [0.2, 0.25) is 0 Å². The number of hydrogen-bond acceptors (Lipinski definition) is 6. The Morgan fingerprint density at radius 1 is 0.643 bits per heavy atom. The second kappa shape index (κ2) is 12.5. The van der Waals surface area contributed by atoms with E-state index in [0.29, 0.717) is 12.0 Å². The summed E-state index contributed by atoms with van der Waals surface area (Å²) in [5.74, 6) is -0.345. The monoisotopic (exact) mass is 576 g/mol. The maximum Gasteiger partial charge on any atom is 0.338 e. The van der Waals surface area contributed by atoms with Gasteiger partial charge in [0.25, 0.3) is 0 Å². The molecule has 0 amide bonds. The number of rotatable bonds is 9. The summed E-state index contributed by atoms with van der Waals surface area (Å²) in [6.07, 6.45) is 6.32. The number of unbranched alkanes of at least 4 members (excludes halogenated alkanes) is 1. The fraction of sp³-hybridized carbons (Fsp3) is 0.611. The largest absolute Gasteiger partial charge is 0.462 e. The van der Waals surface area contributed by atoms with Crippen molar-refractivity contribution in [3.63, 3.8) is 0 Å². The van der Waals surface area contributed by atoms with Gasteiger partial charge in [0.1, 0.15) is 12.2 Å². The van der Waals surface area contributed by atoms with Crippen molar-refractivity contribution in [2.24, 2.45) is 0 Å². The highest BCUT2D eigenvalue weighted by Gasteiger charge is 2.40. The quantitative estimate of drug-likeness (QED) is 0.240. The smallest absolute Gasteiger partial charge is 0.338 e. The summed E-state index contributed by atoms with van der Waals surface area (Å²) >= 11 is 0. The van der Waals surface area contributed by atoms with Crippen LogP contribution < -0.4 is 10.6 Å². The van der Waals surface area contributed by atoms with Crippen LogP contribution in [-0.4, -0.2) is 46.3 Å². The van der Waals surface area contributed by atoms with Crippen molar-refractivity contribution in [2.75, 3.05) is 0 Å². The number of esters is 2. The van der Waals surface area contributed by atoms with Crippen LogP contribution in [0.4, 0.5) is 0 Å². The lowest BCUT2D eigenvalue weighted by Gasteiger charge is -2.45. The van der Waals surface area contributed by atoms with Gasteiger partial charge in [-0.15, -0.1) is 0 Å². The summed E-state index contributed by atoms with van der Waals surface area (Å²) in [6, 6.07) is 16.2. The molecule has 2 aliphatic heterocycles. The summed E-state index contributed by atoms with van der Waals surface area (Å²) in [7, 11) is 0. The summed E-state index contributed by atoms with van der Waals surface area (Å²) in [5.41, 5.74) is 3.79. The van der Waals surface area contributed by atoms with Gasteiger partial charge in [0, 0.05) is 54.3 Å². The number of hydrogen-bond donors (Lipinski definition) is 2. The third-order valence-corrected chi connectivity index (χ3v) is 8.38. The number of carbonyl (C=O) groups is 2. The van der Waals surface area contributed by atoms with E-state index in [4.69, 9.17) is 9.47 Å². The van der Waals surface area contributed by atoms with Gasteiger partial charge in [-0.3, -0.25) is 4.79 Å². The molecule has 6 nitrogen and oxygen atoms in total. The maximum absolute atomic E-state index is 12.9. The van der Waals surface area contributed by atoms with E-state index in [0.717, 1.165) is 56.1 Å². The van der Waals surface area contributed by atoms with Gasteiger partial charge in [0.2, 0.25) is 0 Å². The van der Waals surface area contributed by atoms with E-state index < -0.39 is 0 Å². The van der Waals surface area contributed by atoms with Gasteiger partial charge < -0.3 is 20.1 Å². The molecular weight excluding hydrogens is 524 g/mol. The molecule has 42 heavy (non-hydrogen) atoms. The molecule has 2 heterocycles. The fourth-order valence-electron chi connectivity index (χ4n) is 7.35. The average Bonchev–Trinajstić information content (AvgIpc) is 2.83. The van der Waals surface area contributed by atoms with Crippen LogP contribution in [0.3, 0.4) is 0 Å². The topological polar surface area (TPSA) is 76.7 Å². The summed E-state index contributed by atoms with van der Waals surface area (Å²) < 4.78 is 11.8. The number of ether oxygens (including phenoxy) is 2. The second-order valence-electron chi connectivity index (χ2n) is 15.2. The van der Waals surface area contributed by atoms with Crippen LogP contribution in [-0.2, 0) is 20.7 Å². The molecule has 2 aliphatic rings. The highest BCUT2D eigenvalue weighted by molar-refractivity contribution is 5.90. The van der Waals surface area contributed by atoms with Gasteiger partial charge in [-0.1, -0.05) is 36.4 Å². The first-order valence-electron chi connectivity index (χ1n) is 15.7. The molecule has 2 N–H and O–H groups in total. The molecular formula is C36H52N2O4. The molecule has 0 unspecified atom stereocenters. The van der Waals surface area contributed by atoms with Crippen LogP contribution in [0.15, 0.2) is 48.5 Å². The van der Waals surface area contributed by atoms with Crippen molar-refractivity contribution >= 4 is 11.9 Å². The van der Waals surface area contributed by atoms with Crippen LogP contribution >= 0.6 is 0 Å². The zero-order valence-electron chi connectivity index (χ0n) is 27.1. The highest BCUT2D eigenvalue weighted by Crippen LogP contribution is 2.32. The van der Waals surface area contributed by atoms with Crippen molar-refractivity contribution in [2.45, 2.75) is 141 Å². The van der Waals surface area contributed by atoms with Crippen LogP contribution in [0.25, 0.3) is 11.1 Å². The minimum atomic E-state index is -0.261. The first kappa shape index (κ1) is 32.2. The van der Waals surface area contributed by atoms with Gasteiger partial charge in [-0.25, -0.2) is 4.79 Å². The van der Waals surface area contributed by atoms with E-state index in [1.54, 1.807) is 0 Å². The highest BCUT2D eigenvalue weighted by atomic mass is 16.5. The Balaban J connectivity index is 1.21. The van der Waals surface area contributed by atoms with Gasteiger partial charge in [0.15, 0.2) is 0 Å². The fourth-order valence-corrected chi connectivity index (χ4v) is 7.35. The van der Waals surface area contributed by atoms with E-state index in [1.807, 2.05) is 24.3 Å². The molecule has 0 spiro atoms. The van der Waals surface area contributed by atoms with Crippen molar-refractivity contribution in [1.82, 2.24) is 10.6 Å². The number of piperidine rings is 2. The number of nitrogens with one attached hydrogen (secondary N) is 2. The lowest BCUT2D eigenvalue weighted by molar-refractivity contribution is -0.153. The Bertz CT molecular complexity index is 1200. The second-order valence-corrected chi connectivity index (χ2v) is 15.2. The van der Waals surface area contributed by atoms with Crippen molar-refractivity contribution in [1.29, 1.82) is 0 Å². The molecule has 0 aliphatic carbocycles. The van der Waals surface area contributed by atoms with Crippen LogP contribution in [0.1, 0.15) is 116 Å². The minimum absolute atomic E-state index is 0.0229. The Labute approximate surface area is 253 Å². The Morgan fingerprint density at radius 3 is 1.55 bits per heavy atom. The number of aryl methyl sites for hydroxylation is 1. The first-order chi connectivity index (χ1) is 19.5. The predicted molar refractivity (Wildman–Crippen MR) is 170 cm³/mol. The summed E-state index contributed by atoms with van der Waals surface area (Å²) in [4.78, 5) is 25.4. The van der Waals surface area contributed by atoms with E-state index >= 15 is 0 Å². The molecule has 2 fully saturated rings. The maximum atomic E-state index is 12.9. The minimum Gasteiger partial charge on any atom is -0.462 e. The third-order valence-electron chi connectivity index (χ3n) is 8.38. The Kier molecular flexibility index (Phi) is 9.59. The summed E-state index contributed by atoms with van der Waals surface area (Å²) in [5, 5.41) is 7.26. The SMILES string of the molecule is CC1(C)CC(OC(=O)CCCCc2ccc(-c3ccc(C(=O)OC4CC(C)(C)NC(C)(C)C4)cc3)cc2)CC(C)(C)N1. The first-order valence-corrected chi connectivity index (χ1v) is 15.7. The molecule has 4 rings (SSSR count). The molecule has 2 saturated heterocycles. The molecule has 2 aromatic rings. The molecule has 0 saturated carbocycles. The lowest BCUT2D eigenvalue weighted by Crippen LogP contribution is -2.59. The molecule has 230 valence electrons. The van der Waals surface area contributed by atoms with Crippen LogP contribution in [0, 0.1) is 0 Å². The summed E-state index contributed by atoms with van der Waals surface area (Å²) in [6.45, 7) is 17.3. The van der Waals surface area contributed by atoms with Crippen molar-refractivity contribution < 1.29 is 19.1 Å². The zero-order valence-corrected chi connectivity index (χ0v) is 27.1. The molecule has 0 bridgehead atoms. The van der Waals surface area contributed by atoms with E-state index in [1.165, 1.54) is 5.56 Å². The average molecular weight is 577 g/mol. The zero-order chi connectivity index (χ0) is 30.8. The standard InChI is InChI=1S/C36H52N2O4/c1-33(2)21-29(22-34(3,4)37-33)41-31(39)12-10-9-11-25-13-15-26(16-14-25)27-17-19-28(20-18-27)32(40)42-30-23-35(5,6)38-36(7,8)24-30/h13-20,29-30,37-38H,9-12,21-24H2,1-8H3. The number of benzene rings is 2.